The zero-order valence-corrected chi connectivity index (χ0v) is 9.70. The van der Waals surface area contributed by atoms with Crippen molar-refractivity contribution < 1.29 is 9.90 Å². The summed E-state index contributed by atoms with van der Waals surface area (Å²) in [6, 6.07) is 7.00. The number of hydrogen-bond acceptors (Lipinski definition) is 2. The number of aliphatic hydroxyl groups excluding tert-OH is 1. The molecule has 0 spiro atoms. The van der Waals surface area contributed by atoms with E-state index < -0.39 is 0 Å². The summed E-state index contributed by atoms with van der Waals surface area (Å²) in [4.78, 5) is 11.6. The molecule has 0 radical (unpaired) electrons. The van der Waals surface area contributed by atoms with Crippen molar-refractivity contribution in [3.8, 4) is 0 Å². The molecule has 0 saturated heterocycles. The molecule has 0 aliphatic rings. The van der Waals surface area contributed by atoms with Crippen LogP contribution in [0, 0.1) is 0 Å². The van der Waals surface area contributed by atoms with Gasteiger partial charge in [-0.15, -0.1) is 0 Å². The number of nitrogens with one attached hydrogen (secondary N) is 1. The van der Waals surface area contributed by atoms with Gasteiger partial charge in [0, 0.05) is 12.1 Å². The molecule has 0 aliphatic carbocycles. The Kier molecular flexibility index (Phi) is 5.57. The molecule has 0 saturated carbocycles. The maximum Gasteiger partial charge on any atom is 0.251 e. The lowest BCUT2D eigenvalue weighted by Gasteiger charge is -2.05. The summed E-state index contributed by atoms with van der Waals surface area (Å²) in [5.74, 6) is -0.0411. The van der Waals surface area contributed by atoms with Crippen LogP contribution in [-0.2, 0) is 6.61 Å². The van der Waals surface area contributed by atoms with E-state index in [2.05, 4.69) is 12.2 Å². The van der Waals surface area contributed by atoms with Crippen LogP contribution in [0.3, 0.4) is 0 Å². The fraction of sp³-hybridized carbons (Fsp3) is 0.462. The number of carbonyl (C=O) groups is 1. The monoisotopic (exact) mass is 221 g/mol. The minimum Gasteiger partial charge on any atom is -0.392 e. The predicted octanol–water partition coefficient (Wildman–Crippen LogP) is 2.10. The normalized spacial score (nSPS) is 10.1. The zero-order valence-electron chi connectivity index (χ0n) is 9.70. The lowest BCUT2D eigenvalue weighted by Crippen LogP contribution is -2.24. The highest BCUT2D eigenvalue weighted by Crippen LogP contribution is 2.04. The van der Waals surface area contributed by atoms with Crippen molar-refractivity contribution in [3.63, 3.8) is 0 Å². The highest BCUT2D eigenvalue weighted by Gasteiger charge is 2.03. The maximum absolute atomic E-state index is 11.6. The molecule has 0 aromatic heterocycles. The van der Waals surface area contributed by atoms with Gasteiger partial charge in [0.05, 0.1) is 6.61 Å². The van der Waals surface area contributed by atoms with Crippen LogP contribution in [0.4, 0.5) is 0 Å². The number of carbonyl (C=O) groups excluding carboxylic acids is 1. The van der Waals surface area contributed by atoms with E-state index >= 15 is 0 Å². The molecule has 1 aromatic carbocycles. The fourth-order valence-electron chi connectivity index (χ4n) is 1.44. The van der Waals surface area contributed by atoms with E-state index in [4.69, 9.17) is 5.11 Å². The van der Waals surface area contributed by atoms with Gasteiger partial charge in [0.25, 0.3) is 5.91 Å². The van der Waals surface area contributed by atoms with Gasteiger partial charge in [-0.2, -0.15) is 0 Å². The van der Waals surface area contributed by atoms with Gasteiger partial charge in [-0.1, -0.05) is 31.9 Å². The van der Waals surface area contributed by atoms with Gasteiger partial charge >= 0.3 is 0 Å². The topological polar surface area (TPSA) is 49.3 Å². The summed E-state index contributed by atoms with van der Waals surface area (Å²) in [5, 5.41) is 11.7. The van der Waals surface area contributed by atoms with E-state index in [0.29, 0.717) is 5.56 Å². The minimum atomic E-state index is -0.0411. The van der Waals surface area contributed by atoms with Crippen molar-refractivity contribution in [2.75, 3.05) is 6.54 Å². The van der Waals surface area contributed by atoms with Gasteiger partial charge in [-0.25, -0.2) is 0 Å². The Morgan fingerprint density at radius 1 is 1.25 bits per heavy atom. The Balaban J connectivity index is 2.40. The van der Waals surface area contributed by atoms with Gasteiger partial charge in [0.1, 0.15) is 0 Å². The third-order valence-electron chi connectivity index (χ3n) is 2.46. The Morgan fingerprint density at radius 3 is 2.50 bits per heavy atom. The molecule has 1 aromatic rings. The van der Waals surface area contributed by atoms with Crippen molar-refractivity contribution in [3.05, 3.63) is 35.4 Å². The molecule has 88 valence electrons. The molecule has 0 fully saturated rings. The standard InChI is InChI=1S/C13H19NO2/c1-2-3-4-9-14-13(16)12-7-5-11(10-15)6-8-12/h5-8,15H,2-4,9-10H2,1H3,(H,14,16). The van der Waals surface area contributed by atoms with Crippen molar-refractivity contribution in [1.29, 1.82) is 0 Å². The highest BCUT2D eigenvalue weighted by molar-refractivity contribution is 5.94. The molecule has 16 heavy (non-hydrogen) atoms. The number of unbranched alkanes of at least 4 members (excludes halogenated alkanes) is 2. The van der Waals surface area contributed by atoms with E-state index in [0.717, 1.165) is 31.4 Å². The van der Waals surface area contributed by atoms with Crippen LogP contribution in [0.25, 0.3) is 0 Å². The molecule has 1 rings (SSSR count). The van der Waals surface area contributed by atoms with E-state index in [1.165, 1.54) is 0 Å². The molecule has 0 atom stereocenters. The molecule has 2 N–H and O–H groups in total. The molecule has 3 heteroatoms. The van der Waals surface area contributed by atoms with Crippen molar-refractivity contribution in [1.82, 2.24) is 5.32 Å². The number of rotatable bonds is 6. The first-order valence-electron chi connectivity index (χ1n) is 5.76. The molecular weight excluding hydrogens is 202 g/mol. The summed E-state index contributed by atoms with van der Waals surface area (Å²) < 4.78 is 0. The minimum absolute atomic E-state index is 0.0123. The molecule has 0 heterocycles. The van der Waals surface area contributed by atoms with Gasteiger partial charge in [-0.05, 0) is 24.1 Å². The molecular formula is C13H19NO2. The lowest BCUT2D eigenvalue weighted by molar-refractivity contribution is 0.0953. The summed E-state index contributed by atoms with van der Waals surface area (Å²) in [5.41, 5.74) is 1.47. The van der Waals surface area contributed by atoms with Crippen molar-refractivity contribution in [2.45, 2.75) is 32.8 Å². The molecule has 1 amide bonds. The second-order valence-electron chi connectivity index (χ2n) is 3.82. The first-order chi connectivity index (χ1) is 7.77. The Hall–Kier alpha value is -1.35. The molecule has 0 bridgehead atoms. The summed E-state index contributed by atoms with van der Waals surface area (Å²) >= 11 is 0. The van der Waals surface area contributed by atoms with Crippen LogP contribution in [0.2, 0.25) is 0 Å². The van der Waals surface area contributed by atoms with Crippen LogP contribution < -0.4 is 5.32 Å². The SMILES string of the molecule is CCCCCNC(=O)c1ccc(CO)cc1. The average molecular weight is 221 g/mol. The largest absolute Gasteiger partial charge is 0.392 e. The second kappa shape index (κ2) is 7.01. The number of aliphatic hydroxyl groups is 1. The van der Waals surface area contributed by atoms with Crippen LogP contribution in [0.5, 0.6) is 0 Å². The van der Waals surface area contributed by atoms with Gasteiger partial charge in [0.15, 0.2) is 0 Å². The summed E-state index contributed by atoms with van der Waals surface area (Å²) in [7, 11) is 0. The van der Waals surface area contributed by atoms with E-state index in [-0.39, 0.29) is 12.5 Å². The van der Waals surface area contributed by atoms with Crippen LogP contribution in [0.1, 0.15) is 42.1 Å². The Bertz CT molecular complexity index is 319. The number of benzene rings is 1. The number of hydrogen-bond donors (Lipinski definition) is 2. The van der Waals surface area contributed by atoms with Crippen LogP contribution >= 0.6 is 0 Å². The third kappa shape index (κ3) is 4.03. The highest BCUT2D eigenvalue weighted by atomic mass is 16.3. The first kappa shape index (κ1) is 12.7. The van der Waals surface area contributed by atoms with Gasteiger partial charge in [0.2, 0.25) is 0 Å². The van der Waals surface area contributed by atoms with Crippen LogP contribution in [0.15, 0.2) is 24.3 Å². The molecule has 0 aliphatic heterocycles. The Morgan fingerprint density at radius 2 is 1.94 bits per heavy atom. The average Bonchev–Trinajstić information content (AvgIpc) is 2.34. The lowest BCUT2D eigenvalue weighted by atomic mass is 10.1. The van der Waals surface area contributed by atoms with E-state index in [9.17, 15) is 4.79 Å². The van der Waals surface area contributed by atoms with E-state index in [1.807, 2.05) is 0 Å². The second-order valence-corrected chi connectivity index (χ2v) is 3.82. The maximum atomic E-state index is 11.6. The number of amides is 1. The van der Waals surface area contributed by atoms with Gasteiger partial charge < -0.3 is 10.4 Å². The third-order valence-corrected chi connectivity index (χ3v) is 2.46. The fourth-order valence-corrected chi connectivity index (χ4v) is 1.44. The van der Waals surface area contributed by atoms with Gasteiger partial charge in [-0.3, -0.25) is 4.79 Å². The molecule has 0 unspecified atom stereocenters. The zero-order chi connectivity index (χ0) is 11.8. The first-order valence-corrected chi connectivity index (χ1v) is 5.76. The summed E-state index contributed by atoms with van der Waals surface area (Å²) in [6.07, 6.45) is 3.32. The smallest absolute Gasteiger partial charge is 0.251 e. The van der Waals surface area contributed by atoms with Crippen molar-refractivity contribution in [2.24, 2.45) is 0 Å². The van der Waals surface area contributed by atoms with Crippen LogP contribution in [-0.4, -0.2) is 17.6 Å². The van der Waals surface area contributed by atoms with Crippen molar-refractivity contribution >= 4 is 5.91 Å². The summed E-state index contributed by atoms with van der Waals surface area (Å²) in [6.45, 7) is 2.88. The quantitative estimate of drug-likeness (QED) is 0.723. The molecule has 3 nitrogen and oxygen atoms in total. The predicted molar refractivity (Wildman–Crippen MR) is 64.2 cm³/mol. The Labute approximate surface area is 96.5 Å². The van der Waals surface area contributed by atoms with E-state index in [1.54, 1.807) is 24.3 Å².